The van der Waals surface area contributed by atoms with Gasteiger partial charge >= 0.3 is 0 Å². The molecule has 0 atom stereocenters. The zero-order valence-corrected chi connectivity index (χ0v) is 20.3. The van der Waals surface area contributed by atoms with Crippen molar-refractivity contribution in [2.45, 2.75) is 10.6 Å². The lowest BCUT2D eigenvalue weighted by atomic mass is 10.0. The van der Waals surface area contributed by atoms with E-state index in [2.05, 4.69) is 5.32 Å². The number of fused-ring (bicyclic) bond motifs is 3. The van der Waals surface area contributed by atoms with Crippen LogP contribution in [0.4, 0.5) is 11.4 Å². The summed E-state index contributed by atoms with van der Waals surface area (Å²) < 4.78 is 29.2. The Labute approximate surface area is 210 Å². The van der Waals surface area contributed by atoms with Crippen molar-refractivity contribution in [1.82, 2.24) is 14.7 Å². The first-order chi connectivity index (χ1) is 17.5. The van der Waals surface area contributed by atoms with E-state index in [1.54, 1.807) is 21.7 Å². The lowest BCUT2D eigenvalue weighted by Crippen LogP contribution is -2.41. The van der Waals surface area contributed by atoms with Crippen LogP contribution in [0.1, 0.15) is 16.1 Å². The smallest absolute Gasteiger partial charge is 0.274 e. The summed E-state index contributed by atoms with van der Waals surface area (Å²) in [6.45, 7) is 1.90. The molecule has 0 bridgehead atoms. The number of carbonyl (C=O) groups is 1. The van der Waals surface area contributed by atoms with Gasteiger partial charge in [-0.05, 0) is 36.4 Å². The van der Waals surface area contributed by atoms with Crippen LogP contribution in [0.2, 0.25) is 0 Å². The molecule has 1 aromatic heterocycles. The third-order valence-electron chi connectivity index (χ3n) is 6.48. The minimum absolute atomic E-state index is 0.0489. The number of morpholine rings is 1. The van der Waals surface area contributed by atoms with E-state index in [-0.39, 0.29) is 17.4 Å². The number of para-hydroxylation sites is 1. The van der Waals surface area contributed by atoms with Gasteiger partial charge in [0.1, 0.15) is 0 Å². The molecule has 1 saturated heterocycles. The topological polar surface area (TPSA) is 99.9 Å². The van der Waals surface area contributed by atoms with Crippen LogP contribution in [-0.4, -0.2) is 56.0 Å². The number of ether oxygens (including phenoxy) is 1. The second-order valence-electron chi connectivity index (χ2n) is 8.84. The first kappa shape index (κ1) is 22.8. The van der Waals surface area contributed by atoms with Crippen molar-refractivity contribution in [3.8, 4) is 16.9 Å². The Morgan fingerprint density at radius 3 is 2.44 bits per heavy atom. The minimum atomic E-state index is -3.12. The number of amides is 1. The largest absolute Gasteiger partial charge is 0.378 e. The first-order valence-electron chi connectivity index (χ1n) is 11.8. The molecule has 184 valence electrons. The van der Waals surface area contributed by atoms with Gasteiger partial charge in [-0.25, -0.2) is 4.68 Å². The van der Waals surface area contributed by atoms with Crippen molar-refractivity contribution in [1.29, 1.82) is 0 Å². The summed E-state index contributed by atoms with van der Waals surface area (Å²) in [4.78, 5) is 15.8. The Hall–Kier alpha value is -3.63. The SMILES string of the molecule is O=C(c1nn(-c2cccc(Nc3ccccc3)c2)c2c1CS(O)(O)c1ccccc1-2)N1CCOCC1. The molecule has 8 nitrogen and oxygen atoms in total. The fraction of sp³-hybridized carbons (Fsp3) is 0.185. The third-order valence-corrected chi connectivity index (χ3v) is 8.23. The van der Waals surface area contributed by atoms with E-state index in [1.807, 2.05) is 66.7 Å². The van der Waals surface area contributed by atoms with Gasteiger partial charge in [0.05, 0.1) is 35.2 Å². The van der Waals surface area contributed by atoms with Gasteiger partial charge in [-0.1, -0.05) is 42.5 Å². The third kappa shape index (κ3) is 4.06. The van der Waals surface area contributed by atoms with Crippen molar-refractivity contribution < 1.29 is 18.6 Å². The molecule has 1 amide bonds. The number of carbonyl (C=O) groups excluding carboxylic acids is 1. The number of nitrogens with one attached hydrogen (secondary N) is 1. The fourth-order valence-electron chi connectivity index (χ4n) is 4.77. The summed E-state index contributed by atoms with van der Waals surface area (Å²) in [5.74, 6) is -0.270. The van der Waals surface area contributed by atoms with E-state index >= 15 is 0 Å². The van der Waals surface area contributed by atoms with Crippen molar-refractivity contribution in [3.05, 3.63) is 90.1 Å². The van der Waals surface area contributed by atoms with Gasteiger partial charge in [0, 0.05) is 35.6 Å². The van der Waals surface area contributed by atoms with E-state index in [0.717, 1.165) is 17.1 Å². The molecule has 0 spiro atoms. The highest BCUT2D eigenvalue weighted by Crippen LogP contribution is 2.59. The molecular formula is C27H26N4O4S. The highest BCUT2D eigenvalue weighted by atomic mass is 32.3. The van der Waals surface area contributed by atoms with Gasteiger partial charge in [-0.3, -0.25) is 13.9 Å². The summed E-state index contributed by atoms with van der Waals surface area (Å²) in [6.07, 6.45) is 0. The predicted molar refractivity (Wildman–Crippen MR) is 140 cm³/mol. The highest BCUT2D eigenvalue weighted by molar-refractivity contribution is 8.23. The summed E-state index contributed by atoms with van der Waals surface area (Å²) in [7, 11) is -3.12. The Bertz CT molecular complexity index is 1430. The summed E-state index contributed by atoms with van der Waals surface area (Å²) in [5, 5.41) is 8.20. The molecule has 2 aliphatic rings. The molecule has 3 N–H and O–H groups in total. The van der Waals surface area contributed by atoms with Gasteiger partial charge in [-0.2, -0.15) is 15.7 Å². The van der Waals surface area contributed by atoms with E-state index in [9.17, 15) is 13.9 Å². The van der Waals surface area contributed by atoms with Crippen LogP contribution >= 0.6 is 10.6 Å². The van der Waals surface area contributed by atoms with Crippen molar-refractivity contribution in [2.24, 2.45) is 0 Å². The molecule has 36 heavy (non-hydrogen) atoms. The molecule has 0 unspecified atom stereocenters. The van der Waals surface area contributed by atoms with Gasteiger partial charge in [-0.15, -0.1) is 0 Å². The van der Waals surface area contributed by atoms with Crippen LogP contribution in [-0.2, 0) is 10.5 Å². The first-order valence-corrected chi connectivity index (χ1v) is 13.5. The Kier molecular flexibility index (Phi) is 5.77. The maximum Gasteiger partial charge on any atom is 0.274 e. The van der Waals surface area contributed by atoms with Crippen LogP contribution in [0.5, 0.6) is 0 Å². The van der Waals surface area contributed by atoms with E-state index < -0.39 is 10.6 Å². The monoisotopic (exact) mass is 502 g/mol. The molecule has 9 heteroatoms. The normalized spacial score (nSPS) is 17.1. The van der Waals surface area contributed by atoms with Crippen molar-refractivity contribution in [3.63, 3.8) is 0 Å². The number of hydrogen-bond acceptors (Lipinski definition) is 6. The minimum Gasteiger partial charge on any atom is -0.378 e. The second kappa shape index (κ2) is 9.11. The highest BCUT2D eigenvalue weighted by Gasteiger charge is 2.37. The van der Waals surface area contributed by atoms with Crippen LogP contribution < -0.4 is 5.32 Å². The Morgan fingerprint density at radius 1 is 0.917 bits per heavy atom. The van der Waals surface area contributed by atoms with Crippen LogP contribution in [0.25, 0.3) is 16.9 Å². The van der Waals surface area contributed by atoms with Gasteiger partial charge in [0.25, 0.3) is 5.91 Å². The lowest BCUT2D eigenvalue weighted by molar-refractivity contribution is 0.0298. The summed E-state index contributed by atoms with van der Waals surface area (Å²) in [5.41, 5.74) is 4.80. The number of aromatic nitrogens is 2. The maximum absolute atomic E-state index is 13.6. The van der Waals surface area contributed by atoms with Crippen molar-refractivity contribution >= 4 is 27.9 Å². The van der Waals surface area contributed by atoms with Crippen LogP contribution in [0, 0.1) is 0 Å². The fourth-order valence-corrected chi connectivity index (χ4v) is 6.41. The molecule has 0 radical (unpaired) electrons. The predicted octanol–water partition coefficient (Wildman–Crippen LogP) is 5.38. The Morgan fingerprint density at radius 2 is 1.64 bits per heavy atom. The summed E-state index contributed by atoms with van der Waals surface area (Å²) >= 11 is 0. The lowest BCUT2D eigenvalue weighted by Gasteiger charge is -2.38. The second-order valence-corrected chi connectivity index (χ2v) is 10.9. The van der Waals surface area contributed by atoms with E-state index in [1.165, 1.54) is 0 Å². The molecule has 1 fully saturated rings. The molecule has 0 aliphatic carbocycles. The molecule has 2 aliphatic heterocycles. The molecule has 0 saturated carbocycles. The van der Waals surface area contributed by atoms with Crippen molar-refractivity contribution in [2.75, 3.05) is 31.6 Å². The quantitative estimate of drug-likeness (QED) is 0.347. The van der Waals surface area contributed by atoms with Gasteiger partial charge in [0.2, 0.25) is 0 Å². The van der Waals surface area contributed by atoms with Gasteiger partial charge < -0.3 is 15.0 Å². The number of rotatable bonds is 4. The molecular weight excluding hydrogens is 476 g/mol. The van der Waals surface area contributed by atoms with E-state index in [0.29, 0.717) is 48.0 Å². The molecule has 4 aromatic rings. The number of anilines is 2. The number of nitrogens with zero attached hydrogens (tertiary/aromatic N) is 3. The summed E-state index contributed by atoms with van der Waals surface area (Å²) in [6, 6.07) is 24.9. The Balaban J connectivity index is 1.50. The van der Waals surface area contributed by atoms with Crippen LogP contribution in [0.3, 0.4) is 0 Å². The number of hydrogen-bond donors (Lipinski definition) is 3. The average Bonchev–Trinajstić information content (AvgIpc) is 3.28. The van der Waals surface area contributed by atoms with Crippen LogP contribution in [0.15, 0.2) is 83.8 Å². The molecule has 6 rings (SSSR count). The zero-order chi connectivity index (χ0) is 24.7. The number of benzene rings is 3. The van der Waals surface area contributed by atoms with E-state index in [4.69, 9.17) is 9.84 Å². The van der Waals surface area contributed by atoms with Gasteiger partial charge in [0.15, 0.2) is 5.69 Å². The molecule has 3 aromatic carbocycles. The molecule has 3 heterocycles. The average molecular weight is 503 g/mol. The zero-order valence-electron chi connectivity index (χ0n) is 19.5. The maximum atomic E-state index is 13.6. The standard InChI is InChI=1S/C27H26N4O4S/c32-27(30-13-15-35-16-14-30)25-23-18-36(33,34)24-12-5-4-11-22(24)26(23)31(29-25)21-10-6-9-20(17-21)28-19-7-2-1-3-8-19/h1-12,17,28,33-34H,13-16,18H2.